The first-order valence-corrected chi connectivity index (χ1v) is 30.8. The van der Waals surface area contributed by atoms with Crippen LogP contribution in [0.4, 0.5) is 11.4 Å². The summed E-state index contributed by atoms with van der Waals surface area (Å²) in [7, 11) is 3.14. The second-order valence-corrected chi connectivity index (χ2v) is 24.3. The fourth-order valence-electron chi connectivity index (χ4n) is 10.9. The monoisotopic (exact) mass is 1290 g/mol. The van der Waals surface area contributed by atoms with Gasteiger partial charge in [-0.1, -0.05) is 143 Å². The Morgan fingerprint density at radius 1 is 0.533 bits per heavy atom. The van der Waals surface area contributed by atoms with Gasteiger partial charge >= 0.3 is 11.9 Å². The predicted molar refractivity (Wildman–Crippen MR) is 345 cm³/mol. The number of rotatable bonds is 12. The van der Waals surface area contributed by atoms with Gasteiger partial charge in [-0.25, -0.2) is 19.6 Å². The summed E-state index contributed by atoms with van der Waals surface area (Å²) in [4.78, 5) is 106. The van der Waals surface area contributed by atoms with E-state index in [4.69, 9.17) is 52.1 Å². The first kappa shape index (κ1) is 63.5. The highest BCUT2D eigenvalue weighted by Crippen LogP contribution is 2.40. The van der Waals surface area contributed by atoms with Gasteiger partial charge in [-0.15, -0.1) is 0 Å². The van der Waals surface area contributed by atoms with Crippen LogP contribution in [-0.4, -0.2) is 70.4 Å². The molecule has 0 radical (unpaired) electrons. The number of allylic oxidation sites excluding steroid dienone is 2. The number of fused-ring (bicyclic) bond motifs is 4. The van der Waals surface area contributed by atoms with Crippen molar-refractivity contribution in [2.24, 2.45) is 9.98 Å². The molecule has 4 aliphatic rings. The van der Waals surface area contributed by atoms with Gasteiger partial charge < -0.3 is 33.9 Å². The molecule has 0 fully saturated rings. The van der Waals surface area contributed by atoms with E-state index in [1.165, 1.54) is 9.13 Å². The fraction of sp³-hybridized carbons (Fsp3) is 0.221. The normalized spacial score (nSPS) is 16.6. The molecule has 0 bridgehead atoms. The number of thiazole rings is 2. The summed E-state index contributed by atoms with van der Waals surface area (Å²) in [6, 6.07) is 42.3. The number of hydrogen-bond acceptors (Lipinski definition) is 15. The number of nitrogens with zero attached hydrogens (tertiary/aromatic N) is 6. The number of amides is 2. The van der Waals surface area contributed by atoms with Crippen LogP contribution in [0, 0.1) is 0 Å². The van der Waals surface area contributed by atoms with Crippen LogP contribution in [0.15, 0.2) is 188 Å². The lowest BCUT2D eigenvalue weighted by atomic mass is 9.95. The van der Waals surface area contributed by atoms with Crippen LogP contribution in [0.5, 0.6) is 11.5 Å². The average molecular weight is 1290 g/mol. The zero-order chi connectivity index (χ0) is 64.4. The van der Waals surface area contributed by atoms with Crippen LogP contribution in [0.3, 0.4) is 0 Å². The molecule has 0 aliphatic carbocycles. The van der Waals surface area contributed by atoms with Gasteiger partial charge in [-0.2, -0.15) is 0 Å². The molecule has 6 aromatic carbocycles. The SMILES string of the molecule is CC(=O)O.COc1ccc(C2C(C(=O)OC(C)C)=C(C)N=c3s/c(=C4\C(=O)N(Cc5ccccc5Cl)c5ccccc54)c(=O)n32)cc1.COc1ccc(C2C(C(=O)OC(C)C)=C(C)N=c3s/c(=C4\C(=O)N(Cc5ccccc5Cl)c5ccccc54)c(=O)n32)cc1. The maximum atomic E-state index is 14.4. The number of ether oxygens (including phenoxy) is 4. The Labute approximate surface area is 534 Å². The molecule has 0 spiro atoms. The van der Waals surface area contributed by atoms with Gasteiger partial charge in [-0.05, 0) is 112 Å². The van der Waals surface area contributed by atoms with Crippen LogP contribution >= 0.6 is 45.9 Å². The Hall–Kier alpha value is -9.47. The number of hydrogen-bond donors (Lipinski definition) is 1. The van der Waals surface area contributed by atoms with Crippen LogP contribution < -0.4 is 49.1 Å². The molecule has 460 valence electrons. The summed E-state index contributed by atoms with van der Waals surface area (Å²) in [6.07, 6.45) is -0.736. The number of aromatic nitrogens is 2. The summed E-state index contributed by atoms with van der Waals surface area (Å²) < 4.78 is 25.3. The molecule has 90 heavy (non-hydrogen) atoms. The van der Waals surface area contributed by atoms with Crippen molar-refractivity contribution in [1.29, 1.82) is 0 Å². The molecule has 2 amide bonds. The zero-order valence-electron chi connectivity index (χ0n) is 50.3. The van der Waals surface area contributed by atoms with E-state index in [-0.39, 0.29) is 57.3 Å². The van der Waals surface area contributed by atoms with E-state index < -0.39 is 41.1 Å². The largest absolute Gasteiger partial charge is 0.497 e. The molecule has 0 saturated heterocycles. The van der Waals surface area contributed by atoms with Crippen molar-refractivity contribution in [3.8, 4) is 11.5 Å². The number of aliphatic carboxylic acids is 1. The van der Waals surface area contributed by atoms with Crippen molar-refractivity contribution in [3.05, 3.63) is 251 Å². The number of carbonyl (C=O) groups is 5. The van der Waals surface area contributed by atoms with Crippen molar-refractivity contribution in [1.82, 2.24) is 9.13 Å². The molecule has 4 aliphatic heterocycles. The first-order valence-electron chi connectivity index (χ1n) is 28.4. The molecule has 22 heteroatoms. The molecular formula is C68H60Cl2N6O12S2. The smallest absolute Gasteiger partial charge is 0.338 e. The van der Waals surface area contributed by atoms with E-state index in [0.29, 0.717) is 87.3 Å². The van der Waals surface area contributed by atoms with Crippen LogP contribution in [0.25, 0.3) is 11.1 Å². The standard InChI is InChI=1S/2C33H28ClN3O5S.C2H4O2/c2*1-18(2)42-32(40)26-19(3)35-33-37(28(26)20-13-15-22(41-4)16-14-20)31(39)29(43-33)27-23-10-6-8-12-25(23)36(30(27)38)17-21-9-5-7-11-24(21)34;1-2(3)4/h2*5-16,18,28H,17H2,1-4H3;1H3,(H,3,4)/b2*29-27-;. The minimum atomic E-state index is -0.833. The quantitative estimate of drug-likeness (QED) is 0.113. The summed E-state index contributed by atoms with van der Waals surface area (Å²) in [6.45, 7) is 12.1. The van der Waals surface area contributed by atoms with Gasteiger partial charge in [-0.3, -0.25) is 33.1 Å². The van der Waals surface area contributed by atoms with Crippen LogP contribution in [0.2, 0.25) is 10.0 Å². The first-order chi connectivity index (χ1) is 43.1. The highest BCUT2D eigenvalue weighted by molar-refractivity contribution is 7.07. The van der Waals surface area contributed by atoms with Gasteiger partial charge in [0, 0.05) is 28.1 Å². The Morgan fingerprint density at radius 2 is 0.867 bits per heavy atom. The number of esters is 2. The second-order valence-electron chi connectivity index (χ2n) is 21.5. The van der Waals surface area contributed by atoms with Crippen LogP contribution in [-0.2, 0) is 46.5 Å². The molecule has 6 heterocycles. The molecule has 12 rings (SSSR count). The van der Waals surface area contributed by atoms with Gasteiger partial charge in [0.25, 0.3) is 28.9 Å². The van der Waals surface area contributed by atoms with E-state index in [2.05, 4.69) is 9.98 Å². The molecule has 2 unspecified atom stereocenters. The Balaban J connectivity index is 0.000000187. The topological polar surface area (TPSA) is 218 Å². The minimum Gasteiger partial charge on any atom is -0.497 e. The molecule has 1 N–H and O–H groups in total. The predicted octanol–water partition coefficient (Wildman–Crippen LogP) is 9.62. The molecular weight excluding hydrogens is 1230 g/mol. The van der Waals surface area contributed by atoms with Crippen LogP contribution in [0.1, 0.15) is 93.9 Å². The van der Waals surface area contributed by atoms with E-state index in [0.717, 1.165) is 40.7 Å². The number of anilines is 2. The Bertz CT molecular complexity index is 4390. The maximum Gasteiger partial charge on any atom is 0.338 e. The highest BCUT2D eigenvalue weighted by Gasteiger charge is 2.40. The number of methoxy groups -OCH3 is 2. The van der Waals surface area contributed by atoms with Crippen molar-refractivity contribution in [3.63, 3.8) is 0 Å². The third-order valence-electron chi connectivity index (χ3n) is 14.9. The number of benzene rings is 6. The van der Waals surface area contributed by atoms with Crippen molar-refractivity contribution in [2.75, 3.05) is 24.0 Å². The number of carboxylic acid groups (broad SMARTS) is 1. The molecule has 18 nitrogen and oxygen atoms in total. The number of carbonyl (C=O) groups excluding carboxylic acids is 4. The Morgan fingerprint density at radius 3 is 1.20 bits per heavy atom. The zero-order valence-corrected chi connectivity index (χ0v) is 53.4. The Kier molecular flexibility index (Phi) is 18.9. The van der Waals surface area contributed by atoms with E-state index >= 15 is 0 Å². The lowest BCUT2D eigenvalue weighted by molar-refractivity contribution is -0.144. The lowest BCUT2D eigenvalue weighted by Crippen LogP contribution is -2.41. The second kappa shape index (κ2) is 26.7. The fourth-order valence-corrected chi connectivity index (χ4v) is 13.6. The summed E-state index contributed by atoms with van der Waals surface area (Å²) in [5.41, 5.74) is 6.83. The average Bonchev–Trinajstić information content (AvgIpc) is 1.56. The van der Waals surface area contributed by atoms with Crippen molar-refractivity contribution in [2.45, 2.75) is 85.8 Å². The third-order valence-corrected chi connectivity index (χ3v) is 17.7. The minimum absolute atomic E-state index is 0.246. The molecule has 0 saturated carbocycles. The number of halogens is 2. The summed E-state index contributed by atoms with van der Waals surface area (Å²) >= 11 is 15.2. The van der Waals surface area contributed by atoms with Gasteiger partial charge in [0.1, 0.15) is 20.6 Å². The van der Waals surface area contributed by atoms with E-state index in [1.807, 2.05) is 109 Å². The van der Waals surface area contributed by atoms with Crippen molar-refractivity contribution < 1.29 is 48.0 Å². The molecule has 2 aromatic heterocycles. The third kappa shape index (κ3) is 12.5. The van der Waals surface area contributed by atoms with E-state index in [1.54, 1.807) is 102 Å². The number of para-hydroxylation sites is 2. The van der Waals surface area contributed by atoms with Gasteiger partial charge in [0.15, 0.2) is 9.60 Å². The summed E-state index contributed by atoms with van der Waals surface area (Å²) in [5.74, 6) is -1.27. The van der Waals surface area contributed by atoms with E-state index in [9.17, 15) is 28.8 Å². The lowest BCUT2D eigenvalue weighted by Gasteiger charge is -2.25. The van der Waals surface area contributed by atoms with Gasteiger partial charge in [0.2, 0.25) is 0 Å². The van der Waals surface area contributed by atoms with Crippen molar-refractivity contribution >= 4 is 98.1 Å². The summed E-state index contributed by atoms with van der Waals surface area (Å²) in [5, 5.41) is 8.52. The highest BCUT2D eigenvalue weighted by atomic mass is 35.5. The molecule has 2 atom stereocenters. The van der Waals surface area contributed by atoms with Gasteiger partial charge in [0.05, 0.1) is 96.7 Å². The number of carboxylic acids is 1. The molecule has 8 aromatic rings. The maximum absolute atomic E-state index is 14.4.